The predicted octanol–water partition coefficient (Wildman–Crippen LogP) is 6.05. The molecule has 20 heavy (non-hydrogen) atoms. The Bertz CT molecular complexity index is 666. The Labute approximate surface area is 130 Å². The van der Waals surface area contributed by atoms with E-state index in [9.17, 15) is 8.78 Å². The molecule has 2 aromatic rings. The monoisotopic (exact) mass is 332 g/mol. The van der Waals surface area contributed by atoms with E-state index < -0.39 is 11.6 Å². The van der Waals surface area contributed by atoms with E-state index >= 15 is 0 Å². The van der Waals surface area contributed by atoms with Gasteiger partial charge in [0.15, 0.2) is 0 Å². The van der Waals surface area contributed by atoms with E-state index in [0.29, 0.717) is 15.6 Å². The summed E-state index contributed by atoms with van der Waals surface area (Å²) in [4.78, 5) is 0. The fourth-order valence-corrected chi connectivity index (χ4v) is 2.27. The van der Waals surface area contributed by atoms with Crippen molar-refractivity contribution in [3.63, 3.8) is 0 Å². The normalized spacial score (nSPS) is 11.8. The van der Waals surface area contributed by atoms with Gasteiger partial charge >= 0.3 is 0 Å². The van der Waals surface area contributed by atoms with Crippen molar-refractivity contribution in [2.24, 2.45) is 0 Å². The van der Waals surface area contributed by atoms with Crippen LogP contribution in [0.2, 0.25) is 10.0 Å². The number of halogens is 5. The molecule has 0 saturated heterocycles. The van der Waals surface area contributed by atoms with Gasteiger partial charge in [-0.1, -0.05) is 29.3 Å². The van der Waals surface area contributed by atoms with Crippen molar-refractivity contribution < 1.29 is 8.78 Å². The standard InChI is InChI=1S/C15H9Cl3F2/c16-8-10(12-3-2-11(19)7-15(12)20)5-9-1-4-13(17)14(18)6-9/h1-7H,8H2/b10-5+. The Balaban J connectivity index is 2.45. The molecule has 0 aliphatic heterocycles. The quantitative estimate of drug-likeness (QED) is 0.474. The molecule has 0 bridgehead atoms. The summed E-state index contributed by atoms with van der Waals surface area (Å²) in [6.07, 6.45) is 1.69. The van der Waals surface area contributed by atoms with Gasteiger partial charge in [-0.25, -0.2) is 8.78 Å². The van der Waals surface area contributed by atoms with Crippen LogP contribution < -0.4 is 0 Å². The average Bonchev–Trinajstić information content (AvgIpc) is 2.41. The van der Waals surface area contributed by atoms with Gasteiger partial charge in [-0.2, -0.15) is 0 Å². The van der Waals surface area contributed by atoms with Crippen molar-refractivity contribution in [1.82, 2.24) is 0 Å². The van der Waals surface area contributed by atoms with E-state index in [2.05, 4.69) is 0 Å². The number of hydrogen-bond donors (Lipinski definition) is 0. The molecule has 0 nitrogen and oxygen atoms in total. The smallest absolute Gasteiger partial charge is 0.133 e. The first-order valence-corrected chi connectivity index (χ1v) is 6.97. The van der Waals surface area contributed by atoms with Crippen LogP contribution in [0.1, 0.15) is 11.1 Å². The third-order valence-corrected chi connectivity index (χ3v) is 3.73. The summed E-state index contributed by atoms with van der Waals surface area (Å²) in [6, 6.07) is 8.40. The molecule has 0 saturated carbocycles. The first-order chi connectivity index (χ1) is 9.51. The van der Waals surface area contributed by atoms with Crippen molar-refractivity contribution in [3.8, 4) is 0 Å². The van der Waals surface area contributed by atoms with Crippen molar-refractivity contribution in [2.45, 2.75) is 0 Å². The van der Waals surface area contributed by atoms with E-state index in [1.165, 1.54) is 12.1 Å². The largest absolute Gasteiger partial charge is 0.207 e. The van der Waals surface area contributed by atoms with Gasteiger partial charge in [0.2, 0.25) is 0 Å². The topological polar surface area (TPSA) is 0 Å². The van der Waals surface area contributed by atoms with Crippen LogP contribution in [-0.2, 0) is 0 Å². The SMILES string of the molecule is Fc1ccc(/C(=C/c2ccc(Cl)c(Cl)c2)CCl)c(F)c1. The van der Waals surface area contributed by atoms with Gasteiger partial charge in [-0.15, -0.1) is 11.6 Å². The first kappa shape index (κ1) is 15.3. The maximum Gasteiger partial charge on any atom is 0.133 e. The number of alkyl halides is 1. The highest BCUT2D eigenvalue weighted by Gasteiger charge is 2.09. The second kappa shape index (κ2) is 6.57. The molecule has 0 atom stereocenters. The van der Waals surface area contributed by atoms with E-state index in [1.807, 2.05) is 0 Å². The maximum atomic E-state index is 13.7. The molecule has 0 amide bonds. The number of rotatable bonds is 3. The molecule has 0 fully saturated rings. The zero-order valence-electron chi connectivity index (χ0n) is 10.1. The second-order valence-corrected chi connectivity index (χ2v) is 5.18. The molecule has 0 unspecified atom stereocenters. The lowest BCUT2D eigenvalue weighted by atomic mass is 10.0. The van der Waals surface area contributed by atoms with Gasteiger partial charge in [0, 0.05) is 17.5 Å². The van der Waals surface area contributed by atoms with Gasteiger partial charge in [0.25, 0.3) is 0 Å². The van der Waals surface area contributed by atoms with Crippen molar-refractivity contribution in [3.05, 3.63) is 69.2 Å². The zero-order valence-corrected chi connectivity index (χ0v) is 12.4. The number of allylic oxidation sites excluding steroid dienone is 1. The molecule has 2 rings (SSSR count). The van der Waals surface area contributed by atoms with Crippen LogP contribution >= 0.6 is 34.8 Å². The summed E-state index contributed by atoms with van der Waals surface area (Å²) in [5.41, 5.74) is 1.52. The molecule has 5 heteroatoms. The van der Waals surface area contributed by atoms with Crippen molar-refractivity contribution in [2.75, 3.05) is 5.88 Å². The van der Waals surface area contributed by atoms with Gasteiger partial charge in [0.1, 0.15) is 11.6 Å². The summed E-state index contributed by atoms with van der Waals surface area (Å²) in [5, 5.41) is 0.832. The summed E-state index contributed by atoms with van der Waals surface area (Å²) in [7, 11) is 0. The van der Waals surface area contributed by atoms with Crippen LogP contribution in [-0.4, -0.2) is 5.88 Å². The Kier molecular flexibility index (Phi) is 5.03. The van der Waals surface area contributed by atoms with Gasteiger partial charge in [-0.3, -0.25) is 0 Å². The molecule has 0 N–H and O–H groups in total. The molecule has 0 heterocycles. The van der Waals surface area contributed by atoms with Crippen LogP contribution in [0, 0.1) is 11.6 Å². The Morgan fingerprint density at radius 2 is 1.75 bits per heavy atom. The Hall–Kier alpha value is -1.09. The summed E-state index contributed by atoms with van der Waals surface area (Å²) in [6.45, 7) is 0. The van der Waals surface area contributed by atoms with Crippen LogP contribution in [0.4, 0.5) is 8.78 Å². The highest BCUT2D eigenvalue weighted by molar-refractivity contribution is 6.42. The fraction of sp³-hybridized carbons (Fsp3) is 0.0667. The van der Waals surface area contributed by atoms with Gasteiger partial charge in [-0.05, 0) is 41.5 Å². The molecule has 0 radical (unpaired) electrons. The second-order valence-electron chi connectivity index (χ2n) is 4.10. The predicted molar refractivity (Wildman–Crippen MR) is 81.4 cm³/mol. The van der Waals surface area contributed by atoms with Gasteiger partial charge in [0.05, 0.1) is 10.0 Å². The van der Waals surface area contributed by atoms with E-state index in [-0.39, 0.29) is 11.4 Å². The first-order valence-electron chi connectivity index (χ1n) is 5.68. The minimum Gasteiger partial charge on any atom is -0.207 e. The van der Waals surface area contributed by atoms with Crippen LogP contribution in [0.3, 0.4) is 0 Å². The lowest BCUT2D eigenvalue weighted by Crippen LogP contribution is -1.93. The third kappa shape index (κ3) is 3.51. The lowest BCUT2D eigenvalue weighted by molar-refractivity contribution is 0.581. The van der Waals surface area contributed by atoms with Crippen LogP contribution in [0.25, 0.3) is 11.6 Å². The molecule has 104 valence electrons. The summed E-state index contributed by atoms with van der Waals surface area (Å²) < 4.78 is 26.7. The highest BCUT2D eigenvalue weighted by atomic mass is 35.5. The Morgan fingerprint density at radius 3 is 2.35 bits per heavy atom. The van der Waals surface area contributed by atoms with Gasteiger partial charge < -0.3 is 0 Å². The Morgan fingerprint density at radius 1 is 1.00 bits per heavy atom. The molecule has 0 aromatic heterocycles. The molecule has 0 aliphatic carbocycles. The van der Waals surface area contributed by atoms with Crippen LogP contribution in [0.5, 0.6) is 0 Å². The van der Waals surface area contributed by atoms with E-state index in [0.717, 1.165) is 11.6 Å². The minimum absolute atomic E-state index is 0.0861. The lowest BCUT2D eigenvalue weighted by Gasteiger charge is -2.07. The highest BCUT2D eigenvalue weighted by Crippen LogP contribution is 2.27. The summed E-state index contributed by atoms with van der Waals surface area (Å²) >= 11 is 17.6. The number of benzene rings is 2. The van der Waals surface area contributed by atoms with Crippen LogP contribution in [0.15, 0.2) is 36.4 Å². The van der Waals surface area contributed by atoms with Crippen molar-refractivity contribution in [1.29, 1.82) is 0 Å². The van der Waals surface area contributed by atoms with E-state index in [4.69, 9.17) is 34.8 Å². The zero-order chi connectivity index (χ0) is 14.7. The van der Waals surface area contributed by atoms with E-state index in [1.54, 1.807) is 24.3 Å². The fourth-order valence-electron chi connectivity index (χ4n) is 1.74. The maximum absolute atomic E-state index is 13.7. The molecular weight excluding hydrogens is 325 g/mol. The summed E-state index contributed by atoms with van der Waals surface area (Å²) in [5.74, 6) is -1.20. The minimum atomic E-state index is -0.656. The molecule has 2 aromatic carbocycles. The number of hydrogen-bond acceptors (Lipinski definition) is 0. The third-order valence-electron chi connectivity index (χ3n) is 2.71. The molecule has 0 aliphatic rings. The average molecular weight is 334 g/mol. The molecular formula is C15H9Cl3F2. The van der Waals surface area contributed by atoms with Crippen molar-refractivity contribution >= 4 is 46.5 Å². The molecule has 0 spiro atoms.